The lowest BCUT2D eigenvalue weighted by molar-refractivity contribution is 0.0978. The van der Waals surface area contributed by atoms with Crippen LogP contribution in [0.4, 0.5) is 6.01 Å². The summed E-state index contributed by atoms with van der Waals surface area (Å²) in [5.41, 5.74) is 1.26. The fraction of sp³-hybridized carbons (Fsp3) is 0.375. The first-order valence-corrected chi connectivity index (χ1v) is 7.04. The van der Waals surface area contributed by atoms with Crippen molar-refractivity contribution in [1.29, 1.82) is 0 Å². The molecular formula is C16H20N2O3. The van der Waals surface area contributed by atoms with Crippen LogP contribution in [0.3, 0.4) is 0 Å². The molecule has 5 nitrogen and oxygen atoms in total. The molecule has 112 valence electrons. The predicted octanol–water partition coefficient (Wildman–Crippen LogP) is 3.44. The Labute approximate surface area is 124 Å². The normalized spacial score (nSPS) is 10.4. The van der Waals surface area contributed by atoms with Crippen LogP contribution in [-0.4, -0.2) is 24.5 Å². The van der Waals surface area contributed by atoms with Crippen molar-refractivity contribution in [3.8, 4) is 5.75 Å². The van der Waals surface area contributed by atoms with Crippen LogP contribution in [0.1, 0.15) is 35.8 Å². The van der Waals surface area contributed by atoms with Gasteiger partial charge >= 0.3 is 6.01 Å². The summed E-state index contributed by atoms with van der Waals surface area (Å²) in [5, 5.41) is 0. The Kier molecular flexibility index (Phi) is 4.98. The van der Waals surface area contributed by atoms with E-state index >= 15 is 0 Å². The summed E-state index contributed by atoms with van der Waals surface area (Å²) in [6, 6.07) is 7.49. The van der Waals surface area contributed by atoms with Crippen LogP contribution in [0.15, 0.2) is 34.9 Å². The second-order valence-electron chi connectivity index (χ2n) is 4.78. The fourth-order valence-corrected chi connectivity index (χ4v) is 2.03. The standard InChI is InChI=1S/C16H20N2O3/c1-4-5-10-18(16-17-12(2)11-21-16)15(19)13-8-6-7-9-14(13)20-3/h6-9,11H,4-5,10H2,1-3H3. The summed E-state index contributed by atoms with van der Waals surface area (Å²) in [4.78, 5) is 18.6. The Morgan fingerprint density at radius 2 is 2.14 bits per heavy atom. The van der Waals surface area contributed by atoms with Crippen molar-refractivity contribution in [2.45, 2.75) is 26.7 Å². The lowest BCUT2D eigenvalue weighted by Crippen LogP contribution is -2.32. The van der Waals surface area contributed by atoms with Gasteiger partial charge in [-0.15, -0.1) is 0 Å². The van der Waals surface area contributed by atoms with E-state index in [1.54, 1.807) is 30.4 Å². The van der Waals surface area contributed by atoms with Gasteiger partial charge in [0, 0.05) is 6.54 Å². The summed E-state index contributed by atoms with van der Waals surface area (Å²) in [6.45, 7) is 4.47. The number of hydrogen-bond acceptors (Lipinski definition) is 4. The monoisotopic (exact) mass is 288 g/mol. The van der Waals surface area contributed by atoms with Crippen molar-refractivity contribution in [2.75, 3.05) is 18.6 Å². The van der Waals surface area contributed by atoms with E-state index in [1.807, 2.05) is 19.1 Å². The van der Waals surface area contributed by atoms with Gasteiger partial charge in [0.25, 0.3) is 5.91 Å². The van der Waals surface area contributed by atoms with Gasteiger partial charge in [-0.05, 0) is 25.5 Å². The van der Waals surface area contributed by atoms with Gasteiger partial charge in [-0.3, -0.25) is 9.69 Å². The number of methoxy groups -OCH3 is 1. The third kappa shape index (κ3) is 3.42. The van der Waals surface area contributed by atoms with Crippen LogP contribution in [0, 0.1) is 6.92 Å². The van der Waals surface area contributed by atoms with Crippen molar-refractivity contribution in [3.05, 3.63) is 41.8 Å². The zero-order valence-electron chi connectivity index (χ0n) is 12.6. The third-order valence-electron chi connectivity index (χ3n) is 3.16. The van der Waals surface area contributed by atoms with Gasteiger partial charge in [0.15, 0.2) is 0 Å². The minimum atomic E-state index is -0.164. The SMILES string of the molecule is CCCCN(C(=O)c1ccccc1OC)c1nc(C)co1. The van der Waals surface area contributed by atoms with E-state index < -0.39 is 0 Å². The first kappa shape index (κ1) is 15.1. The maximum atomic E-state index is 12.8. The minimum Gasteiger partial charge on any atom is -0.496 e. The molecule has 0 bridgehead atoms. The van der Waals surface area contributed by atoms with Crippen molar-refractivity contribution in [2.24, 2.45) is 0 Å². The van der Waals surface area contributed by atoms with Gasteiger partial charge in [-0.25, -0.2) is 0 Å². The number of ether oxygens (including phenoxy) is 1. The van der Waals surface area contributed by atoms with E-state index in [-0.39, 0.29) is 5.91 Å². The molecule has 0 saturated heterocycles. The summed E-state index contributed by atoms with van der Waals surface area (Å²) < 4.78 is 10.7. The molecule has 0 fully saturated rings. The number of hydrogen-bond donors (Lipinski definition) is 0. The second-order valence-corrected chi connectivity index (χ2v) is 4.78. The Bertz CT molecular complexity index is 607. The van der Waals surface area contributed by atoms with Crippen LogP contribution < -0.4 is 9.64 Å². The van der Waals surface area contributed by atoms with Crippen LogP contribution in [0.25, 0.3) is 0 Å². The van der Waals surface area contributed by atoms with Crippen LogP contribution >= 0.6 is 0 Å². The average molecular weight is 288 g/mol. The number of rotatable bonds is 6. The highest BCUT2D eigenvalue weighted by Gasteiger charge is 2.23. The van der Waals surface area contributed by atoms with Gasteiger partial charge in [-0.1, -0.05) is 25.5 Å². The Hall–Kier alpha value is -2.30. The van der Waals surface area contributed by atoms with Crippen molar-refractivity contribution in [1.82, 2.24) is 4.98 Å². The van der Waals surface area contributed by atoms with Crippen molar-refractivity contribution in [3.63, 3.8) is 0 Å². The van der Waals surface area contributed by atoms with Gasteiger partial charge in [-0.2, -0.15) is 4.98 Å². The zero-order chi connectivity index (χ0) is 15.2. The first-order chi connectivity index (χ1) is 10.2. The molecule has 0 unspecified atom stereocenters. The maximum Gasteiger partial charge on any atom is 0.304 e. The number of benzene rings is 1. The Morgan fingerprint density at radius 1 is 1.38 bits per heavy atom. The van der Waals surface area contributed by atoms with Gasteiger partial charge in [0.2, 0.25) is 0 Å². The summed E-state index contributed by atoms with van der Waals surface area (Å²) in [5.74, 6) is 0.384. The molecule has 21 heavy (non-hydrogen) atoms. The number of aromatic nitrogens is 1. The molecule has 2 rings (SSSR count). The van der Waals surface area contributed by atoms with E-state index in [2.05, 4.69) is 11.9 Å². The molecule has 0 aliphatic carbocycles. The lowest BCUT2D eigenvalue weighted by Gasteiger charge is -2.19. The number of nitrogens with zero attached hydrogens (tertiary/aromatic N) is 2. The van der Waals surface area contributed by atoms with Gasteiger partial charge in [0.1, 0.15) is 12.0 Å². The van der Waals surface area contributed by atoms with Crippen LogP contribution in [0.2, 0.25) is 0 Å². The molecule has 0 aliphatic rings. The molecule has 0 atom stereocenters. The number of oxazole rings is 1. The number of anilines is 1. The molecule has 0 N–H and O–H groups in total. The molecule has 1 aromatic heterocycles. The largest absolute Gasteiger partial charge is 0.496 e. The number of carbonyl (C=O) groups excluding carboxylic acids is 1. The van der Waals surface area contributed by atoms with E-state index in [0.29, 0.717) is 23.9 Å². The summed E-state index contributed by atoms with van der Waals surface area (Å²) in [6.07, 6.45) is 3.40. The van der Waals surface area contributed by atoms with E-state index in [1.165, 1.54) is 0 Å². The number of amides is 1. The Balaban J connectivity index is 2.33. The highest BCUT2D eigenvalue weighted by atomic mass is 16.5. The van der Waals surface area contributed by atoms with Crippen molar-refractivity contribution < 1.29 is 13.9 Å². The van der Waals surface area contributed by atoms with Crippen molar-refractivity contribution >= 4 is 11.9 Å². The highest BCUT2D eigenvalue weighted by molar-refractivity contribution is 6.06. The molecule has 2 aromatic rings. The van der Waals surface area contributed by atoms with Gasteiger partial charge < -0.3 is 9.15 Å². The third-order valence-corrected chi connectivity index (χ3v) is 3.16. The molecule has 1 aromatic carbocycles. The summed E-state index contributed by atoms with van der Waals surface area (Å²) >= 11 is 0. The first-order valence-electron chi connectivity index (χ1n) is 7.04. The van der Waals surface area contributed by atoms with E-state index in [9.17, 15) is 4.79 Å². The average Bonchev–Trinajstić information content (AvgIpc) is 2.93. The number of aryl methyl sites for hydroxylation is 1. The predicted molar refractivity (Wildman–Crippen MR) is 80.8 cm³/mol. The number of carbonyl (C=O) groups is 1. The van der Waals surface area contributed by atoms with Crippen LogP contribution in [-0.2, 0) is 0 Å². The van der Waals surface area contributed by atoms with E-state index in [4.69, 9.17) is 9.15 Å². The van der Waals surface area contributed by atoms with Gasteiger partial charge in [0.05, 0.1) is 18.4 Å². The fourth-order valence-electron chi connectivity index (χ4n) is 2.03. The highest BCUT2D eigenvalue weighted by Crippen LogP contribution is 2.23. The topological polar surface area (TPSA) is 55.6 Å². The molecule has 5 heteroatoms. The molecule has 0 saturated carbocycles. The molecular weight excluding hydrogens is 268 g/mol. The molecule has 0 radical (unpaired) electrons. The van der Waals surface area contributed by atoms with E-state index in [0.717, 1.165) is 18.5 Å². The number of para-hydroxylation sites is 1. The number of unbranched alkanes of at least 4 members (excludes halogenated alkanes) is 1. The smallest absolute Gasteiger partial charge is 0.304 e. The lowest BCUT2D eigenvalue weighted by atomic mass is 10.1. The second kappa shape index (κ2) is 6.92. The summed E-state index contributed by atoms with van der Waals surface area (Å²) in [7, 11) is 1.55. The van der Waals surface area contributed by atoms with Crippen LogP contribution in [0.5, 0.6) is 5.75 Å². The molecule has 1 heterocycles. The quantitative estimate of drug-likeness (QED) is 0.817. The zero-order valence-corrected chi connectivity index (χ0v) is 12.6. The molecule has 0 spiro atoms. The minimum absolute atomic E-state index is 0.164. The Morgan fingerprint density at radius 3 is 2.76 bits per heavy atom. The maximum absolute atomic E-state index is 12.8. The molecule has 1 amide bonds. The molecule has 0 aliphatic heterocycles.